The molecule has 3 rings (SSSR count). The Morgan fingerprint density at radius 3 is 2.50 bits per heavy atom. The molecule has 2 aromatic carbocycles. The second-order valence-electron chi connectivity index (χ2n) is 6.98. The minimum absolute atomic E-state index is 0.0774. The smallest absolute Gasteiger partial charge is 0.258 e. The number of allylic oxidation sites excluding steroid dienone is 5. The average Bonchev–Trinajstić information content (AvgIpc) is 2.98. The van der Waals surface area contributed by atoms with Crippen molar-refractivity contribution in [2.45, 2.75) is 33.2 Å². The van der Waals surface area contributed by atoms with Crippen LogP contribution in [0.5, 0.6) is 0 Å². The van der Waals surface area contributed by atoms with Gasteiger partial charge in [-0.3, -0.25) is 4.79 Å². The lowest BCUT2D eigenvalue weighted by molar-refractivity contribution is 0.0996. The Labute approximate surface area is 156 Å². The fourth-order valence-corrected chi connectivity index (χ4v) is 3.17. The van der Waals surface area contributed by atoms with E-state index in [1.165, 1.54) is 5.56 Å². The van der Waals surface area contributed by atoms with Crippen molar-refractivity contribution in [1.82, 2.24) is 0 Å². The highest BCUT2D eigenvalue weighted by atomic mass is 16.2. The normalized spacial score (nSPS) is 14.4. The summed E-state index contributed by atoms with van der Waals surface area (Å²) in [6, 6.07) is 14.5. The molecule has 0 fully saturated rings. The molecule has 1 aliphatic heterocycles. The second kappa shape index (κ2) is 7.57. The van der Waals surface area contributed by atoms with Crippen molar-refractivity contribution in [1.29, 1.82) is 0 Å². The highest BCUT2D eigenvalue weighted by molar-refractivity contribution is 6.10. The van der Waals surface area contributed by atoms with Crippen LogP contribution in [-0.4, -0.2) is 5.91 Å². The Morgan fingerprint density at radius 2 is 1.85 bits per heavy atom. The Kier molecular flexibility index (Phi) is 5.22. The number of rotatable bonds is 5. The lowest BCUT2D eigenvalue weighted by Gasteiger charge is -2.16. The van der Waals surface area contributed by atoms with Crippen LogP contribution < -0.4 is 4.90 Å². The summed E-state index contributed by atoms with van der Waals surface area (Å²) in [6.07, 6.45) is 7.63. The number of amides is 1. The van der Waals surface area contributed by atoms with Crippen LogP contribution in [0.3, 0.4) is 0 Å². The SMILES string of the molecule is C=C/C=C\C=C(/C)c1ccc2c(c1)C(=O)N(c1ccc(C(C)C)cc1)C2. The Morgan fingerprint density at radius 1 is 1.12 bits per heavy atom. The van der Waals surface area contributed by atoms with Crippen LogP contribution in [0.25, 0.3) is 5.57 Å². The first-order valence-corrected chi connectivity index (χ1v) is 9.02. The minimum atomic E-state index is 0.0774. The number of carbonyl (C=O) groups is 1. The number of hydrogen-bond acceptors (Lipinski definition) is 1. The summed E-state index contributed by atoms with van der Waals surface area (Å²) >= 11 is 0. The molecule has 2 heteroatoms. The van der Waals surface area contributed by atoms with Gasteiger partial charge in [-0.05, 0) is 53.3 Å². The van der Waals surface area contributed by atoms with Crippen molar-refractivity contribution in [3.8, 4) is 0 Å². The number of nitrogens with zero attached hydrogens (tertiary/aromatic N) is 1. The number of fused-ring (bicyclic) bond motifs is 1. The Hall–Kier alpha value is -2.87. The third kappa shape index (κ3) is 3.55. The van der Waals surface area contributed by atoms with E-state index in [1.807, 2.05) is 41.3 Å². The fourth-order valence-electron chi connectivity index (χ4n) is 3.17. The van der Waals surface area contributed by atoms with E-state index in [0.717, 1.165) is 28.0 Å². The molecule has 0 N–H and O–H groups in total. The lowest BCUT2D eigenvalue weighted by atomic mass is 10.0. The Balaban J connectivity index is 1.86. The van der Waals surface area contributed by atoms with Gasteiger partial charge in [0.25, 0.3) is 5.91 Å². The van der Waals surface area contributed by atoms with Crippen molar-refractivity contribution >= 4 is 17.2 Å². The highest BCUT2D eigenvalue weighted by Gasteiger charge is 2.28. The van der Waals surface area contributed by atoms with Crippen molar-refractivity contribution in [2.24, 2.45) is 0 Å². The van der Waals surface area contributed by atoms with Gasteiger partial charge in [-0.25, -0.2) is 0 Å². The maximum absolute atomic E-state index is 12.9. The molecule has 26 heavy (non-hydrogen) atoms. The number of benzene rings is 2. The van der Waals surface area contributed by atoms with Crippen molar-refractivity contribution in [3.63, 3.8) is 0 Å². The summed E-state index contributed by atoms with van der Waals surface area (Å²) in [4.78, 5) is 14.8. The van der Waals surface area contributed by atoms with Crippen molar-refractivity contribution in [3.05, 3.63) is 95.6 Å². The van der Waals surface area contributed by atoms with E-state index in [0.29, 0.717) is 12.5 Å². The molecule has 2 nitrogen and oxygen atoms in total. The van der Waals surface area contributed by atoms with Crippen LogP contribution in [0, 0.1) is 0 Å². The van der Waals surface area contributed by atoms with Crippen LogP contribution >= 0.6 is 0 Å². The maximum Gasteiger partial charge on any atom is 0.258 e. The van der Waals surface area contributed by atoms with Gasteiger partial charge in [0.2, 0.25) is 0 Å². The Bertz CT molecular complexity index is 885. The summed E-state index contributed by atoms with van der Waals surface area (Å²) in [5, 5.41) is 0. The average molecular weight is 343 g/mol. The van der Waals surface area contributed by atoms with Gasteiger partial charge >= 0.3 is 0 Å². The quantitative estimate of drug-likeness (QED) is 0.599. The molecule has 0 atom stereocenters. The molecular formula is C24H25NO. The van der Waals surface area contributed by atoms with Crippen LogP contribution in [-0.2, 0) is 6.54 Å². The summed E-state index contributed by atoms with van der Waals surface area (Å²) in [5.74, 6) is 0.566. The molecule has 0 spiro atoms. The van der Waals surface area contributed by atoms with E-state index >= 15 is 0 Å². The number of anilines is 1. The van der Waals surface area contributed by atoms with Gasteiger partial charge < -0.3 is 4.90 Å². The van der Waals surface area contributed by atoms with Gasteiger partial charge in [0, 0.05) is 11.3 Å². The molecule has 0 aromatic heterocycles. The zero-order valence-electron chi connectivity index (χ0n) is 15.7. The van der Waals surface area contributed by atoms with Crippen molar-refractivity contribution < 1.29 is 4.79 Å². The summed E-state index contributed by atoms with van der Waals surface area (Å²) in [7, 11) is 0. The van der Waals surface area contributed by atoms with E-state index < -0.39 is 0 Å². The largest absolute Gasteiger partial charge is 0.304 e. The zero-order valence-corrected chi connectivity index (χ0v) is 15.7. The molecule has 0 saturated heterocycles. The molecule has 0 bridgehead atoms. The molecule has 0 radical (unpaired) electrons. The van der Waals surface area contributed by atoms with Crippen LogP contribution in [0.2, 0.25) is 0 Å². The first kappa shape index (κ1) is 17.9. The van der Waals surface area contributed by atoms with Gasteiger partial charge in [-0.15, -0.1) is 0 Å². The molecule has 0 saturated carbocycles. The van der Waals surface area contributed by atoms with Crippen LogP contribution in [0.1, 0.15) is 53.7 Å². The molecular weight excluding hydrogens is 318 g/mol. The summed E-state index contributed by atoms with van der Waals surface area (Å²) in [6.45, 7) is 10.7. The second-order valence-corrected chi connectivity index (χ2v) is 6.98. The molecule has 1 heterocycles. The van der Waals surface area contributed by atoms with Gasteiger partial charge in [-0.1, -0.05) is 69.0 Å². The molecule has 1 amide bonds. The number of hydrogen-bond donors (Lipinski definition) is 0. The fraction of sp³-hybridized carbons (Fsp3) is 0.208. The van der Waals surface area contributed by atoms with E-state index in [1.54, 1.807) is 6.08 Å². The molecule has 2 aromatic rings. The lowest BCUT2D eigenvalue weighted by Crippen LogP contribution is -2.22. The van der Waals surface area contributed by atoms with E-state index in [4.69, 9.17) is 0 Å². The van der Waals surface area contributed by atoms with Crippen LogP contribution in [0.4, 0.5) is 5.69 Å². The third-order valence-electron chi connectivity index (χ3n) is 4.83. The minimum Gasteiger partial charge on any atom is -0.304 e. The monoisotopic (exact) mass is 343 g/mol. The highest BCUT2D eigenvalue weighted by Crippen LogP contribution is 2.31. The first-order valence-electron chi connectivity index (χ1n) is 9.02. The van der Waals surface area contributed by atoms with Gasteiger partial charge in [0.1, 0.15) is 0 Å². The predicted octanol–water partition coefficient (Wildman–Crippen LogP) is 6.12. The van der Waals surface area contributed by atoms with E-state index in [2.05, 4.69) is 51.6 Å². The predicted molar refractivity (Wildman–Crippen MR) is 110 cm³/mol. The maximum atomic E-state index is 12.9. The van der Waals surface area contributed by atoms with Crippen molar-refractivity contribution in [2.75, 3.05) is 4.90 Å². The molecule has 1 aliphatic rings. The van der Waals surface area contributed by atoms with Gasteiger partial charge in [0.15, 0.2) is 0 Å². The zero-order chi connectivity index (χ0) is 18.7. The van der Waals surface area contributed by atoms with Gasteiger partial charge in [0.05, 0.1) is 6.54 Å². The standard InChI is InChI=1S/C24H25NO/c1-5-6-7-8-18(4)20-9-10-21-16-25(24(26)23(21)15-20)22-13-11-19(12-14-22)17(2)3/h5-15,17H,1,16H2,2-4H3/b7-6-,18-8+. The summed E-state index contributed by atoms with van der Waals surface area (Å²) < 4.78 is 0. The van der Waals surface area contributed by atoms with E-state index in [-0.39, 0.29) is 5.91 Å². The van der Waals surface area contributed by atoms with Gasteiger partial charge in [-0.2, -0.15) is 0 Å². The van der Waals surface area contributed by atoms with E-state index in [9.17, 15) is 4.79 Å². The van der Waals surface area contributed by atoms with Crippen LogP contribution in [0.15, 0.2) is 73.3 Å². The first-order chi connectivity index (χ1) is 12.5. The summed E-state index contributed by atoms with van der Waals surface area (Å²) in [5.41, 5.74) is 6.32. The molecule has 0 unspecified atom stereocenters. The molecule has 0 aliphatic carbocycles. The topological polar surface area (TPSA) is 20.3 Å². The third-order valence-corrected chi connectivity index (χ3v) is 4.83. The molecule has 132 valence electrons. The number of carbonyl (C=O) groups excluding carboxylic acids is 1.